The Morgan fingerprint density at radius 3 is 2.50 bits per heavy atom. The van der Waals surface area contributed by atoms with Crippen LogP contribution in [0.4, 0.5) is 0 Å². The molecule has 1 heterocycles. The molecule has 0 spiro atoms. The SMILES string of the molecule is COc1ccc(C(=O)C(C#N)=Cc2csc(-c3ccc(Cl)cc3)n2)cc1. The number of halogens is 1. The molecule has 128 valence electrons. The lowest BCUT2D eigenvalue weighted by atomic mass is 10.0. The zero-order valence-electron chi connectivity index (χ0n) is 13.8. The molecule has 0 saturated heterocycles. The minimum Gasteiger partial charge on any atom is -0.497 e. The van der Waals surface area contributed by atoms with Crippen LogP contribution in [-0.4, -0.2) is 17.9 Å². The molecule has 3 aromatic rings. The van der Waals surface area contributed by atoms with Gasteiger partial charge in [0.2, 0.25) is 5.78 Å². The van der Waals surface area contributed by atoms with Crippen molar-refractivity contribution in [1.29, 1.82) is 5.26 Å². The molecule has 0 fully saturated rings. The molecule has 0 aliphatic heterocycles. The number of benzene rings is 2. The van der Waals surface area contributed by atoms with Gasteiger partial charge in [0.25, 0.3) is 0 Å². The number of Topliss-reactive ketones (excluding diaryl/α,β-unsaturated/α-hetero) is 1. The standard InChI is InChI=1S/C20H13ClN2O2S/c1-25-18-8-4-13(5-9-18)19(24)15(11-22)10-17-12-26-20(23-17)14-2-6-16(21)7-3-14/h2-10,12H,1H3. The first-order valence-corrected chi connectivity index (χ1v) is 8.88. The largest absolute Gasteiger partial charge is 0.497 e. The smallest absolute Gasteiger partial charge is 0.203 e. The molecule has 0 atom stereocenters. The predicted molar refractivity (Wildman–Crippen MR) is 103 cm³/mol. The zero-order chi connectivity index (χ0) is 18.5. The molecule has 0 aliphatic carbocycles. The van der Waals surface area contributed by atoms with Crippen molar-refractivity contribution in [2.24, 2.45) is 0 Å². The highest BCUT2D eigenvalue weighted by Crippen LogP contribution is 2.26. The number of carbonyl (C=O) groups excluding carboxylic acids is 1. The number of ether oxygens (including phenoxy) is 1. The summed E-state index contributed by atoms with van der Waals surface area (Å²) in [5.41, 5.74) is 1.95. The van der Waals surface area contributed by atoms with E-state index in [1.807, 2.05) is 23.6 Å². The lowest BCUT2D eigenvalue weighted by molar-refractivity contribution is 0.104. The van der Waals surface area contributed by atoms with Crippen LogP contribution in [0.2, 0.25) is 5.02 Å². The summed E-state index contributed by atoms with van der Waals surface area (Å²) in [7, 11) is 1.55. The van der Waals surface area contributed by atoms with Crippen LogP contribution in [0, 0.1) is 11.3 Å². The minimum absolute atomic E-state index is 0.0307. The highest BCUT2D eigenvalue weighted by atomic mass is 35.5. The van der Waals surface area contributed by atoms with Crippen LogP contribution >= 0.6 is 22.9 Å². The third kappa shape index (κ3) is 3.99. The van der Waals surface area contributed by atoms with Gasteiger partial charge in [-0.25, -0.2) is 4.98 Å². The number of nitrogens with zero attached hydrogens (tertiary/aromatic N) is 2. The number of ketones is 1. The fraction of sp³-hybridized carbons (Fsp3) is 0.0500. The van der Waals surface area contributed by atoms with E-state index >= 15 is 0 Å². The topological polar surface area (TPSA) is 63.0 Å². The molecule has 0 N–H and O–H groups in total. The Kier molecular flexibility index (Phi) is 5.47. The van der Waals surface area contributed by atoms with Gasteiger partial charge < -0.3 is 4.74 Å². The van der Waals surface area contributed by atoms with Crippen molar-refractivity contribution in [3.63, 3.8) is 0 Å². The number of hydrogen-bond donors (Lipinski definition) is 0. The van der Waals surface area contributed by atoms with Crippen molar-refractivity contribution >= 4 is 34.8 Å². The van der Waals surface area contributed by atoms with E-state index in [2.05, 4.69) is 4.98 Å². The van der Waals surface area contributed by atoms with Gasteiger partial charge >= 0.3 is 0 Å². The maximum atomic E-state index is 12.5. The molecule has 2 aromatic carbocycles. The van der Waals surface area contributed by atoms with E-state index in [1.54, 1.807) is 43.5 Å². The first-order valence-electron chi connectivity index (χ1n) is 7.62. The number of thiazole rings is 1. The van der Waals surface area contributed by atoms with Gasteiger partial charge in [-0.05, 0) is 42.5 Å². The predicted octanol–water partition coefficient (Wildman–Crippen LogP) is 5.26. The van der Waals surface area contributed by atoms with E-state index in [9.17, 15) is 10.1 Å². The molecule has 0 saturated carbocycles. The number of aromatic nitrogens is 1. The molecule has 0 radical (unpaired) electrons. The highest BCUT2D eigenvalue weighted by Gasteiger charge is 2.13. The van der Waals surface area contributed by atoms with Crippen LogP contribution in [-0.2, 0) is 0 Å². The van der Waals surface area contributed by atoms with Crippen LogP contribution in [0.5, 0.6) is 5.75 Å². The van der Waals surface area contributed by atoms with E-state index in [0.29, 0.717) is 22.0 Å². The van der Waals surface area contributed by atoms with E-state index in [1.165, 1.54) is 17.4 Å². The normalized spacial score (nSPS) is 11.0. The van der Waals surface area contributed by atoms with Crippen LogP contribution in [0.25, 0.3) is 16.6 Å². The van der Waals surface area contributed by atoms with Crippen molar-refractivity contribution in [2.75, 3.05) is 7.11 Å². The number of rotatable bonds is 5. The third-order valence-electron chi connectivity index (χ3n) is 3.62. The Balaban J connectivity index is 1.86. The summed E-state index contributed by atoms with van der Waals surface area (Å²) in [5, 5.41) is 12.6. The number of carbonyl (C=O) groups is 1. The Hall–Kier alpha value is -2.94. The minimum atomic E-state index is -0.351. The fourth-order valence-corrected chi connectivity index (χ4v) is 3.18. The number of methoxy groups -OCH3 is 1. The molecular weight excluding hydrogens is 368 g/mol. The van der Waals surface area contributed by atoms with Gasteiger partial charge in [-0.3, -0.25) is 4.79 Å². The second-order valence-electron chi connectivity index (χ2n) is 5.31. The number of hydrogen-bond acceptors (Lipinski definition) is 5. The summed E-state index contributed by atoms with van der Waals surface area (Å²) >= 11 is 7.33. The lowest BCUT2D eigenvalue weighted by Gasteiger charge is -2.02. The van der Waals surface area contributed by atoms with E-state index in [0.717, 1.165) is 10.6 Å². The molecule has 6 heteroatoms. The van der Waals surface area contributed by atoms with Gasteiger partial charge in [-0.15, -0.1) is 11.3 Å². The van der Waals surface area contributed by atoms with E-state index in [4.69, 9.17) is 16.3 Å². The Morgan fingerprint density at radius 1 is 1.19 bits per heavy atom. The van der Waals surface area contributed by atoms with Gasteiger partial charge in [-0.1, -0.05) is 23.7 Å². The first kappa shape index (κ1) is 17.9. The van der Waals surface area contributed by atoms with Gasteiger partial charge in [0.15, 0.2) is 0 Å². The van der Waals surface area contributed by atoms with Crippen LogP contribution < -0.4 is 4.74 Å². The molecule has 0 bridgehead atoms. The van der Waals surface area contributed by atoms with Crippen molar-refractivity contribution in [3.05, 3.63) is 75.8 Å². The summed E-state index contributed by atoms with van der Waals surface area (Å²) in [6.45, 7) is 0. The highest BCUT2D eigenvalue weighted by molar-refractivity contribution is 7.13. The number of allylic oxidation sites excluding steroid dienone is 1. The monoisotopic (exact) mass is 380 g/mol. The zero-order valence-corrected chi connectivity index (χ0v) is 15.3. The fourth-order valence-electron chi connectivity index (χ4n) is 2.27. The van der Waals surface area contributed by atoms with Gasteiger partial charge in [0.05, 0.1) is 12.8 Å². The molecule has 3 rings (SSSR count). The van der Waals surface area contributed by atoms with Crippen molar-refractivity contribution in [2.45, 2.75) is 0 Å². The average Bonchev–Trinajstić information content (AvgIpc) is 3.15. The first-order chi connectivity index (χ1) is 12.6. The quantitative estimate of drug-likeness (QED) is 0.344. The summed E-state index contributed by atoms with van der Waals surface area (Å²) in [4.78, 5) is 17.0. The van der Waals surface area contributed by atoms with Crippen LogP contribution in [0.15, 0.2) is 59.5 Å². The molecule has 0 amide bonds. The van der Waals surface area contributed by atoms with E-state index < -0.39 is 0 Å². The Labute approximate surface area is 160 Å². The summed E-state index contributed by atoms with van der Waals surface area (Å²) in [6.07, 6.45) is 1.50. The molecule has 0 unspecified atom stereocenters. The van der Waals surface area contributed by atoms with E-state index in [-0.39, 0.29) is 11.4 Å². The summed E-state index contributed by atoms with van der Waals surface area (Å²) < 4.78 is 5.08. The summed E-state index contributed by atoms with van der Waals surface area (Å²) in [6, 6.07) is 15.9. The van der Waals surface area contributed by atoms with Crippen molar-refractivity contribution in [3.8, 4) is 22.4 Å². The Bertz CT molecular complexity index is 1000. The molecule has 26 heavy (non-hydrogen) atoms. The van der Waals surface area contributed by atoms with Gasteiger partial charge in [-0.2, -0.15) is 5.26 Å². The van der Waals surface area contributed by atoms with Gasteiger partial charge in [0.1, 0.15) is 22.4 Å². The molecule has 0 aliphatic rings. The van der Waals surface area contributed by atoms with Gasteiger partial charge in [0, 0.05) is 21.5 Å². The average molecular weight is 381 g/mol. The second-order valence-corrected chi connectivity index (χ2v) is 6.61. The van der Waals surface area contributed by atoms with Crippen LogP contribution in [0.3, 0.4) is 0 Å². The number of nitriles is 1. The summed E-state index contributed by atoms with van der Waals surface area (Å²) in [5.74, 6) is 0.298. The van der Waals surface area contributed by atoms with Crippen molar-refractivity contribution < 1.29 is 9.53 Å². The van der Waals surface area contributed by atoms with Crippen LogP contribution in [0.1, 0.15) is 16.1 Å². The maximum Gasteiger partial charge on any atom is 0.203 e. The lowest BCUT2D eigenvalue weighted by Crippen LogP contribution is -2.02. The third-order valence-corrected chi connectivity index (χ3v) is 4.78. The molecule has 4 nitrogen and oxygen atoms in total. The second kappa shape index (κ2) is 7.96. The Morgan fingerprint density at radius 2 is 1.88 bits per heavy atom. The maximum absolute atomic E-state index is 12.5. The molecular formula is C20H13ClN2O2S. The van der Waals surface area contributed by atoms with Crippen molar-refractivity contribution in [1.82, 2.24) is 4.98 Å². The molecule has 1 aromatic heterocycles.